The molecule has 0 aliphatic carbocycles. The SMILES string of the molecule is CCCCc1ncc(NC(=O)Nc2c[nH]c3ncc(F)cc23)cc1F. The molecule has 3 aromatic rings. The van der Waals surface area contributed by atoms with Crippen LogP contribution in [0.4, 0.5) is 25.0 Å². The Kier molecular flexibility index (Phi) is 4.87. The Bertz CT molecular complexity index is 909. The number of unbranched alkanes of at least 4 members (excludes halogenated alkanes) is 1. The molecular formula is C17H17F2N5O. The van der Waals surface area contributed by atoms with Crippen molar-refractivity contribution in [2.24, 2.45) is 0 Å². The lowest BCUT2D eigenvalue weighted by molar-refractivity contribution is 0.262. The van der Waals surface area contributed by atoms with Gasteiger partial charge in [-0.2, -0.15) is 0 Å². The molecule has 25 heavy (non-hydrogen) atoms. The number of carbonyl (C=O) groups is 1. The van der Waals surface area contributed by atoms with E-state index in [0.717, 1.165) is 19.0 Å². The monoisotopic (exact) mass is 345 g/mol. The van der Waals surface area contributed by atoms with E-state index in [1.165, 1.54) is 24.5 Å². The second-order valence-corrected chi connectivity index (χ2v) is 5.59. The quantitative estimate of drug-likeness (QED) is 0.647. The number of halogens is 2. The number of H-pyrrole nitrogens is 1. The first kappa shape index (κ1) is 16.8. The molecule has 0 bridgehead atoms. The first-order valence-electron chi connectivity index (χ1n) is 7.92. The Morgan fingerprint density at radius 2 is 2.04 bits per heavy atom. The number of amides is 2. The number of hydrogen-bond donors (Lipinski definition) is 3. The number of aromatic amines is 1. The molecule has 0 aromatic carbocycles. The van der Waals surface area contributed by atoms with E-state index in [0.29, 0.717) is 28.8 Å². The normalized spacial score (nSPS) is 10.8. The van der Waals surface area contributed by atoms with Crippen LogP contribution in [0.2, 0.25) is 0 Å². The number of nitrogens with zero attached hydrogens (tertiary/aromatic N) is 2. The van der Waals surface area contributed by atoms with Gasteiger partial charge in [-0.25, -0.2) is 18.6 Å². The van der Waals surface area contributed by atoms with Gasteiger partial charge in [0.2, 0.25) is 0 Å². The Morgan fingerprint density at radius 1 is 1.20 bits per heavy atom. The zero-order chi connectivity index (χ0) is 17.8. The van der Waals surface area contributed by atoms with E-state index >= 15 is 0 Å². The maximum atomic E-state index is 14.0. The minimum absolute atomic E-state index is 0.236. The van der Waals surface area contributed by atoms with Crippen molar-refractivity contribution < 1.29 is 13.6 Å². The molecule has 0 saturated carbocycles. The summed E-state index contributed by atoms with van der Waals surface area (Å²) in [6.45, 7) is 2.02. The Morgan fingerprint density at radius 3 is 2.80 bits per heavy atom. The highest BCUT2D eigenvalue weighted by atomic mass is 19.1. The van der Waals surface area contributed by atoms with Crippen LogP contribution in [0.15, 0.2) is 30.7 Å². The summed E-state index contributed by atoms with van der Waals surface area (Å²) in [6, 6.07) is 1.90. The number of aryl methyl sites for hydroxylation is 1. The summed E-state index contributed by atoms with van der Waals surface area (Å²) in [5.74, 6) is -0.964. The summed E-state index contributed by atoms with van der Waals surface area (Å²) in [7, 11) is 0. The van der Waals surface area contributed by atoms with Gasteiger partial charge in [0.25, 0.3) is 0 Å². The number of rotatable bonds is 5. The van der Waals surface area contributed by atoms with Gasteiger partial charge in [0.15, 0.2) is 0 Å². The summed E-state index contributed by atoms with van der Waals surface area (Å²) in [5.41, 5.74) is 1.43. The lowest BCUT2D eigenvalue weighted by Gasteiger charge is -2.08. The fourth-order valence-corrected chi connectivity index (χ4v) is 2.43. The average Bonchev–Trinajstić information content (AvgIpc) is 2.96. The van der Waals surface area contributed by atoms with Crippen molar-refractivity contribution in [3.05, 3.63) is 48.1 Å². The van der Waals surface area contributed by atoms with Crippen LogP contribution < -0.4 is 10.6 Å². The van der Waals surface area contributed by atoms with Crippen LogP contribution in [0, 0.1) is 11.6 Å². The van der Waals surface area contributed by atoms with Crippen LogP contribution >= 0.6 is 0 Å². The minimum Gasteiger partial charge on any atom is -0.344 e. The molecule has 8 heteroatoms. The van der Waals surface area contributed by atoms with E-state index in [9.17, 15) is 13.6 Å². The lowest BCUT2D eigenvalue weighted by Crippen LogP contribution is -2.19. The average molecular weight is 345 g/mol. The summed E-state index contributed by atoms with van der Waals surface area (Å²) in [6.07, 6.45) is 6.35. The first-order valence-corrected chi connectivity index (χ1v) is 7.92. The number of fused-ring (bicyclic) bond motifs is 1. The van der Waals surface area contributed by atoms with Crippen LogP contribution in [0.25, 0.3) is 11.0 Å². The fourth-order valence-electron chi connectivity index (χ4n) is 2.43. The van der Waals surface area contributed by atoms with Crippen LogP contribution in [-0.2, 0) is 6.42 Å². The van der Waals surface area contributed by atoms with Crippen molar-refractivity contribution in [2.45, 2.75) is 26.2 Å². The van der Waals surface area contributed by atoms with Crippen molar-refractivity contribution in [1.82, 2.24) is 15.0 Å². The van der Waals surface area contributed by atoms with Crippen molar-refractivity contribution in [1.29, 1.82) is 0 Å². The number of anilines is 2. The molecule has 3 N–H and O–H groups in total. The van der Waals surface area contributed by atoms with Gasteiger partial charge in [-0.3, -0.25) is 4.98 Å². The van der Waals surface area contributed by atoms with Crippen LogP contribution in [0.1, 0.15) is 25.5 Å². The lowest BCUT2D eigenvalue weighted by atomic mass is 10.2. The van der Waals surface area contributed by atoms with Crippen LogP contribution in [-0.4, -0.2) is 21.0 Å². The molecule has 0 saturated heterocycles. The summed E-state index contributed by atoms with van der Waals surface area (Å²) in [5, 5.41) is 5.51. The molecule has 3 aromatic heterocycles. The number of nitrogens with one attached hydrogen (secondary N) is 3. The van der Waals surface area contributed by atoms with Crippen molar-refractivity contribution in [2.75, 3.05) is 10.6 Å². The van der Waals surface area contributed by atoms with Crippen LogP contribution in [0.3, 0.4) is 0 Å². The van der Waals surface area contributed by atoms with Crippen molar-refractivity contribution >= 4 is 28.4 Å². The van der Waals surface area contributed by atoms with E-state index in [4.69, 9.17) is 0 Å². The second kappa shape index (κ2) is 7.25. The van der Waals surface area contributed by atoms with Crippen LogP contribution in [0.5, 0.6) is 0 Å². The molecule has 3 rings (SSSR count). The largest absolute Gasteiger partial charge is 0.344 e. The predicted molar refractivity (Wildman–Crippen MR) is 91.5 cm³/mol. The molecule has 0 unspecified atom stereocenters. The standard InChI is InChI=1S/C17H17F2N5O/c1-2-3-4-14-13(19)6-11(8-20-14)23-17(25)24-15-9-22-16-12(15)5-10(18)7-21-16/h5-9H,2-4H2,1H3,(H,21,22)(H2,23,24,25). The van der Waals surface area contributed by atoms with Crippen molar-refractivity contribution in [3.63, 3.8) is 0 Å². The van der Waals surface area contributed by atoms with E-state index in [1.54, 1.807) is 0 Å². The Balaban J connectivity index is 1.69. The maximum Gasteiger partial charge on any atom is 0.323 e. The molecular weight excluding hydrogens is 328 g/mol. The first-order chi connectivity index (χ1) is 12.1. The van der Waals surface area contributed by atoms with Gasteiger partial charge in [-0.1, -0.05) is 13.3 Å². The summed E-state index contributed by atoms with van der Waals surface area (Å²) < 4.78 is 27.3. The summed E-state index contributed by atoms with van der Waals surface area (Å²) >= 11 is 0. The Hall–Kier alpha value is -3.03. The highest BCUT2D eigenvalue weighted by molar-refractivity contribution is 6.05. The Labute approximate surface area is 142 Å². The molecule has 3 heterocycles. The second-order valence-electron chi connectivity index (χ2n) is 5.59. The van der Waals surface area contributed by atoms with Gasteiger partial charge in [0.1, 0.15) is 17.3 Å². The predicted octanol–water partition coefficient (Wildman–Crippen LogP) is 4.22. The number of aromatic nitrogens is 3. The number of carbonyl (C=O) groups excluding carboxylic acids is 1. The fraction of sp³-hybridized carbons (Fsp3) is 0.235. The molecule has 130 valence electrons. The van der Waals surface area contributed by atoms with E-state index in [-0.39, 0.29) is 5.69 Å². The van der Waals surface area contributed by atoms with Gasteiger partial charge >= 0.3 is 6.03 Å². The maximum absolute atomic E-state index is 14.0. The molecule has 0 radical (unpaired) electrons. The molecule has 2 amide bonds. The van der Waals surface area contributed by atoms with Gasteiger partial charge in [-0.15, -0.1) is 0 Å². The topological polar surface area (TPSA) is 82.7 Å². The zero-order valence-electron chi connectivity index (χ0n) is 13.6. The number of hydrogen-bond acceptors (Lipinski definition) is 3. The zero-order valence-corrected chi connectivity index (χ0v) is 13.6. The number of urea groups is 1. The van der Waals surface area contributed by atoms with Gasteiger partial charge in [0.05, 0.1) is 29.5 Å². The number of pyridine rings is 2. The molecule has 6 nitrogen and oxygen atoms in total. The third kappa shape index (κ3) is 3.90. The molecule has 0 fully saturated rings. The van der Waals surface area contributed by atoms with E-state index < -0.39 is 17.7 Å². The van der Waals surface area contributed by atoms with Gasteiger partial charge in [-0.05, 0) is 18.9 Å². The highest BCUT2D eigenvalue weighted by Gasteiger charge is 2.11. The molecule has 0 atom stereocenters. The van der Waals surface area contributed by atoms with Gasteiger partial charge in [0, 0.05) is 17.6 Å². The third-order valence-corrected chi connectivity index (χ3v) is 3.69. The smallest absolute Gasteiger partial charge is 0.323 e. The molecule has 0 aliphatic rings. The molecule has 0 spiro atoms. The van der Waals surface area contributed by atoms with Gasteiger partial charge < -0.3 is 15.6 Å². The minimum atomic E-state index is -0.590. The third-order valence-electron chi connectivity index (χ3n) is 3.69. The van der Waals surface area contributed by atoms with Crippen molar-refractivity contribution in [3.8, 4) is 0 Å². The van der Waals surface area contributed by atoms with E-state index in [1.807, 2.05) is 6.92 Å². The molecule has 0 aliphatic heterocycles. The van der Waals surface area contributed by atoms with E-state index in [2.05, 4.69) is 25.6 Å². The summed E-state index contributed by atoms with van der Waals surface area (Å²) in [4.78, 5) is 22.8. The highest BCUT2D eigenvalue weighted by Crippen LogP contribution is 2.22.